The van der Waals surface area contributed by atoms with Gasteiger partial charge in [-0.15, -0.1) is 0 Å². The number of benzene rings is 6. The molecular formula is C39H33N5O2. The van der Waals surface area contributed by atoms with Crippen molar-refractivity contribution in [1.29, 1.82) is 0 Å². The number of carbonyl (C=O) groups is 1. The fourth-order valence-electron chi connectivity index (χ4n) is 5.93. The van der Waals surface area contributed by atoms with Gasteiger partial charge in [0.15, 0.2) is 0 Å². The number of nitrogens with zero attached hydrogens (tertiary/aromatic N) is 3. The number of nitrogens with one attached hydrogen (secondary N) is 2. The van der Waals surface area contributed by atoms with Crippen LogP contribution in [0.4, 0.5) is 11.4 Å². The topological polar surface area (TPSA) is 91.5 Å². The first-order valence-electron chi connectivity index (χ1n) is 15.2. The van der Waals surface area contributed by atoms with Gasteiger partial charge in [-0.25, -0.2) is 4.98 Å². The van der Waals surface area contributed by atoms with Crippen LogP contribution in [-0.4, -0.2) is 20.6 Å². The van der Waals surface area contributed by atoms with Crippen LogP contribution < -0.4 is 16.1 Å². The Hall–Kier alpha value is -5.95. The molecule has 3 N–H and O–H groups in total. The zero-order valence-electron chi connectivity index (χ0n) is 25.9. The maximum atomic E-state index is 13.2. The van der Waals surface area contributed by atoms with Crippen LogP contribution in [0.3, 0.4) is 0 Å². The van der Waals surface area contributed by atoms with E-state index in [-0.39, 0.29) is 11.7 Å². The van der Waals surface area contributed by atoms with Crippen LogP contribution in [0.5, 0.6) is 5.75 Å². The first-order chi connectivity index (χ1) is 22.4. The van der Waals surface area contributed by atoms with E-state index in [4.69, 9.17) is 10.1 Å². The highest BCUT2D eigenvalue weighted by molar-refractivity contribution is 5.97. The molecule has 2 aliphatic rings. The normalized spacial score (nSPS) is 11.8. The smallest absolute Gasteiger partial charge is 0.228 e. The number of phenols is 1. The maximum absolute atomic E-state index is 13.2. The van der Waals surface area contributed by atoms with Crippen LogP contribution in [0.25, 0.3) is 38.9 Å². The Morgan fingerprint density at radius 2 is 1.57 bits per heavy atom. The molecule has 0 saturated carbocycles. The van der Waals surface area contributed by atoms with E-state index in [0.717, 1.165) is 66.8 Å². The van der Waals surface area contributed by atoms with Gasteiger partial charge in [0.1, 0.15) is 11.4 Å². The van der Waals surface area contributed by atoms with Crippen LogP contribution in [0, 0.1) is 20.8 Å². The minimum atomic E-state index is -0.0729. The van der Waals surface area contributed by atoms with E-state index in [1.165, 1.54) is 0 Å². The summed E-state index contributed by atoms with van der Waals surface area (Å²) in [6.45, 7) is 6.01. The van der Waals surface area contributed by atoms with E-state index in [0.29, 0.717) is 17.5 Å². The van der Waals surface area contributed by atoms with Crippen molar-refractivity contribution in [3.63, 3.8) is 0 Å². The third kappa shape index (κ3) is 5.43. The summed E-state index contributed by atoms with van der Waals surface area (Å²) in [5, 5.41) is 21.2. The first kappa shape index (κ1) is 28.8. The average molecular weight is 604 g/mol. The summed E-state index contributed by atoms with van der Waals surface area (Å²) < 4.78 is 2.15. The molecule has 1 heterocycles. The summed E-state index contributed by atoms with van der Waals surface area (Å²) in [6, 6.07) is 37.5. The van der Waals surface area contributed by atoms with Crippen LogP contribution in [-0.2, 0) is 11.2 Å². The monoisotopic (exact) mass is 603 g/mol. The largest absolute Gasteiger partial charge is 0.506 e. The second-order valence-corrected chi connectivity index (χ2v) is 11.6. The molecule has 7 heteroatoms. The van der Waals surface area contributed by atoms with Crippen LogP contribution in [0.1, 0.15) is 22.3 Å². The molecule has 0 fully saturated rings. The molecule has 7 rings (SSSR count). The van der Waals surface area contributed by atoms with E-state index in [2.05, 4.69) is 27.4 Å². The molecule has 226 valence electrons. The van der Waals surface area contributed by atoms with Crippen molar-refractivity contribution in [1.82, 2.24) is 9.55 Å². The van der Waals surface area contributed by atoms with E-state index < -0.39 is 0 Å². The Bertz CT molecular complexity index is 2310. The Morgan fingerprint density at radius 3 is 2.39 bits per heavy atom. The van der Waals surface area contributed by atoms with E-state index in [1.54, 1.807) is 6.07 Å². The number of hydrogen-bond acceptors (Lipinski definition) is 5. The number of para-hydroxylation sites is 1. The lowest BCUT2D eigenvalue weighted by Gasteiger charge is -2.21. The molecule has 0 saturated heterocycles. The predicted molar refractivity (Wildman–Crippen MR) is 185 cm³/mol. The lowest BCUT2D eigenvalue weighted by molar-refractivity contribution is -0.115. The molecule has 5 aromatic carbocycles. The highest BCUT2D eigenvalue weighted by Gasteiger charge is 2.18. The lowest BCUT2D eigenvalue weighted by Crippen LogP contribution is -2.17. The summed E-state index contributed by atoms with van der Waals surface area (Å²) in [4.78, 5) is 18.3. The minimum Gasteiger partial charge on any atom is -0.506 e. The van der Waals surface area contributed by atoms with Crippen LogP contribution >= 0.6 is 0 Å². The van der Waals surface area contributed by atoms with Gasteiger partial charge in [-0.1, -0.05) is 72.8 Å². The molecule has 5 aromatic rings. The lowest BCUT2D eigenvalue weighted by atomic mass is 10.0. The summed E-state index contributed by atoms with van der Waals surface area (Å²) in [6.07, 6.45) is 0.294. The second kappa shape index (κ2) is 11.9. The molecule has 0 bridgehead atoms. The van der Waals surface area contributed by atoms with Crippen molar-refractivity contribution in [2.24, 2.45) is 5.10 Å². The van der Waals surface area contributed by atoms with Gasteiger partial charge in [-0.3, -0.25) is 10.2 Å². The van der Waals surface area contributed by atoms with Gasteiger partial charge in [-0.05, 0) is 90.9 Å². The molecule has 7 nitrogen and oxygen atoms in total. The van der Waals surface area contributed by atoms with Crippen LogP contribution in [0.15, 0.2) is 120 Å². The van der Waals surface area contributed by atoms with Crippen molar-refractivity contribution in [3.05, 3.63) is 143 Å². The van der Waals surface area contributed by atoms with Gasteiger partial charge in [0.25, 0.3) is 0 Å². The van der Waals surface area contributed by atoms with E-state index >= 15 is 0 Å². The number of hydrogen-bond donors (Lipinski definition) is 3. The molecule has 46 heavy (non-hydrogen) atoms. The minimum absolute atomic E-state index is 0.0729. The molecule has 1 amide bonds. The van der Waals surface area contributed by atoms with E-state index in [9.17, 15) is 9.90 Å². The standard InChI is InChI=1S/C39H33N5O2/c1-24-11-7-8-13-28(24)21-38(46)41-31-22-35-33(19-25(31)2)40-34-20-26(3)32(23-36(34)44(35)29-14-5-4-6-15-29)42-43-39-30-16-10-9-12-27(30)17-18-37(39)45/h4-20,22-23,43,45H,21H2,1-3H3,(H,41,46)/b42-32-. The van der Waals surface area contributed by atoms with Gasteiger partial charge in [0.2, 0.25) is 5.91 Å². The number of anilines is 2. The van der Waals surface area contributed by atoms with Gasteiger partial charge in [0.05, 0.1) is 34.2 Å². The molecule has 0 atom stereocenters. The predicted octanol–water partition coefficient (Wildman–Crippen LogP) is 8.02. The van der Waals surface area contributed by atoms with Crippen molar-refractivity contribution in [3.8, 4) is 22.8 Å². The summed E-state index contributed by atoms with van der Waals surface area (Å²) in [7, 11) is 0. The molecular weight excluding hydrogens is 570 g/mol. The van der Waals surface area contributed by atoms with Crippen molar-refractivity contribution < 1.29 is 9.90 Å². The first-order valence-corrected chi connectivity index (χ1v) is 15.2. The molecule has 1 aliphatic heterocycles. The summed E-state index contributed by atoms with van der Waals surface area (Å²) in [5.74, 6) is 0.0523. The Morgan fingerprint density at radius 1 is 0.804 bits per heavy atom. The summed E-state index contributed by atoms with van der Waals surface area (Å²) in [5.41, 5.74) is 12.7. The van der Waals surface area contributed by atoms with Gasteiger partial charge in [-0.2, -0.15) is 5.10 Å². The van der Waals surface area contributed by atoms with Crippen molar-refractivity contribution in [2.45, 2.75) is 27.2 Å². The van der Waals surface area contributed by atoms with Crippen molar-refractivity contribution in [2.75, 3.05) is 10.7 Å². The molecule has 1 aliphatic carbocycles. The fourth-order valence-corrected chi connectivity index (χ4v) is 5.93. The fraction of sp³-hybridized carbons (Fsp3) is 0.103. The third-order valence-electron chi connectivity index (χ3n) is 8.43. The molecule has 0 aromatic heterocycles. The highest BCUT2D eigenvalue weighted by Crippen LogP contribution is 2.34. The van der Waals surface area contributed by atoms with Gasteiger partial charge >= 0.3 is 0 Å². The SMILES string of the molecule is Cc1ccccc1CC(=O)Nc1cc2c(cc1C)nc1cc(C)/c(=N\Nc3c(O)ccc4ccccc34)cc-1n2-c1ccccc1. The molecule has 0 spiro atoms. The van der Waals surface area contributed by atoms with E-state index in [1.807, 2.05) is 118 Å². The van der Waals surface area contributed by atoms with Crippen molar-refractivity contribution >= 4 is 39.1 Å². The second-order valence-electron chi connectivity index (χ2n) is 11.6. The number of carbonyl (C=O) groups excluding carboxylic acids is 1. The highest BCUT2D eigenvalue weighted by atomic mass is 16.3. The number of aryl methyl sites for hydroxylation is 3. The zero-order chi connectivity index (χ0) is 31.8. The number of aromatic hydroxyl groups is 1. The number of rotatable bonds is 6. The van der Waals surface area contributed by atoms with Gasteiger partial charge < -0.3 is 15.0 Å². The number of aromatic nitrogens is 2. The number of fused-ring (bicyclic) bond motifs is 3. The Balaban J connectivity index is 1.37. The molecule has 0 radical (unpaired) electrons. The van der Waals surface area contributed by atoms with Crippen LogP contribution in [0.2, 0.25) is 0 Å². The Labute approximate surface area is 266 Å². The third-order valence-corrected chi connectivity index (χ3v) is 8.43. The number of phenolic OH excluding ortho intramolecular Hbond substituents is 1. The average Bonchev–Trinajstić information content (AvgIpc) is 3.05. The zero-order valence-corrected chi connectivity index (χ0v) is 25.9. The quantitative estimate of drug-likeness (QED) is 0.102. The molecule has 0 unspecified atom stereocenters. The maximum Gasteiger partial charge on any atom is 0.228 e. The van der Waals surface area contributed by atoms with Gasteiger partial charge in [0, 0.05) is 16.8 Å². The Kier molecular flexibility index (Phi) is 7.42. The number of amides is 1. The summed E-state index contributed by atoms with van der Waals surface area (Å²) >= 11 is 0.